The van der Waals surface area contributed by atoms with Gasteiger partial charge in [-0.05, 0) is 46.2 Å². The van der Waals surface area contributed by atoms with Crippen LogP contribution in [0.5, 0.6) is 0 Å². The molecule has 0 aliphatic carbocycles. The molecule has 2 rings (SSSR count). The number of para-hydroxylation sites is 1. The van der Waals surface area contributed by atoms with E-state index in [9.17, 15) is 9.59 Å². The van der Waals surface area contributed by atoms with E-state index >= 15 is 0 Å². The van der Waals surface area contributed by atoms with E-state index in [1.165, 1.54) is 7.11 Å². The summed E-state index contributed by atoms with van der Waals surface area (Å²) >= 11 is 0. The van der Waals surface area contributed by atoms with Crippen LogP contribution in [0.1, 0.15) is 63.3 Å². The van der Waals surface area contributed by atoms with Gasteiger partial charge in [-0.25, -0.2) is 14.6 Å². The van der Waals surface area contributed by atoms with E-state index < -0.39 is 11.6 Å². The fourth-order valence-corrected chi connectivity index (χ4v) is 2.68. The van der Waals surface area contributed by atoms with E-state index in [2.05, 4.69) is 9.97 Å². The molecule has 26 heavy (non-hydrogen) atoms. The van der Waals surface area contributed by atoms with Crippen LogP contribution in [0.15, 0.2) is 18.2 Å². The van der Waals surface area contributed by atoms with Crippen LogP contribution < -0.4 is 0 Å². The molecular formula is C19H27N3O4. The molecule has 0 aliphatic heterocycles. The van der Waals surface area contributed by atoms with Crippen molar-refractivity contribution in [3.05, 3.63) is 29.6 Å². The molecule has 1 aromatic heterocycles. The first-order valence-corrected chi connectivity index (χ1v) is 8.74. The van der Waals surface area contributed by atoms with E-state index in [1.807, 2.05) is 40.7 Å². The van der Waals surface area contributed by atoms with Crippen LogP contribution in [0.4, 0.5) is 4.79 Å². The minimum absolute atomic E-state index is 0.331. The lowest BCUT2D eigenvalue weighted by Crippen LogP contribution is -2.39. The number of fused-ring (bicyclic) bond motifs is 1. The van der Waals surface area contributed by atoms with Gasteiger partial charge >= 0.3 is 12.1 Å². The fraction of sp³-hybridized carbons (Fsp3) is 0.526. The van der Waals surface area contributed by atoms with Gasteiger partial charge in [-0.15, -0.1) is 0 Å². The van der Waals surface area contributed by atoms with Gasteiger partial charge in [0.1, 0.15) is 16.9 Å². The maximum Gasteiger partial charge on any atom is 0.410 e. The molecule has 0 aliphatic rings. The maximum atomic E-state index is 12.6. The van der Waals surface area contributed by atoms with Gasteiger partial charge in [0, 0.05) is 6.54 Å². The molecule has 1 atom stereocenters. The van der Waals surface area contributed by atoms with Gasteiger partial charge in [0.2, 0.25) is 0 Å². The van der Waals surface area contributed by atoms with Crippen molar-refractivity contribution in [3.63, 3.8) is 0 Å². The van der Waals surface area contributed by atoms with Gasteiger partial charge in [0.05, 0.1) is 24.2 Å². The number of hydrogen-bond donors (Lipinski definition) is 1. The summed E-state index contributed by atoms with van der Waals surface area (Å²) in [5.41, 5.74) is 1.06. The van der Waals surface area contributed by atoms with Crippen LogP contribution in [0.2, 0.25) is 0 Å². The number of amides is 1. The highest BCUT2D eigenvalue weighted by Crippen LogP contribution is 2.25. The maximum absolute atomic E-state index is 12.6. The van der Waals surface area contributed by atoms with Crippen molar-refractivity contribution in [2.45, 2.75) is 52.7 Å². The van der Waals surface area contributed by atoms with Crippen molar-refractivity contribution in [2.24, 2.45) is 0 Å². The number of nitrogens with zero attached hydrogens (tertiary/aromatic N) is 2. The van der Waals surface area contributed by atoms with Crippen LogP contribution >= 0.6 is 0 Å². The van der Waals surface area contributed by atoms with Crippen molar-refractivity contribution < 1.29 is 19.1 Å². The second-order valence-electron chi connectivity index (χ2n) is 7.17. The molecule has 142 valence electrons. The normalized spacial score (nSPS) is 12.7. The molecular weight excluding hydrogens is 334 g/mol. The first-order chi connectivity index (χ1) is 12.2. The second kappa shape index (κ2) is 7.76. The van der Waals surface area contributed by atoms with Crippen molar-refractivity contribution in [2.75, 3.05) is 13.7 Å². The largest absolute Gasteiger partial charge is 0.465 e. The zero-order chi connectivity index (χ0) is 19.5. The fourth-order valence-electron chi connectivity index (χ4n) is 2.68. The Hall–Kier alpha value is -2.57. The SMILES string of the molecule is CCCN(C(=O)OC(C)(C)C)[C@@H](C)c1nc2c(C(=O)OC)cccc2[nH]1. The van der Waals surface area contributed by atoms with E-state index in [-0.39, 0.29) is 12.1 Å². The lowest BCUT2D eigenvalue weighted by molar-refractivity contribution is 0.0166. The molecule has 0 radical (unpaired) electrons. The smallest absolute Gasteiger partial charge is 0.410 e. The Bertz CT molecular complexity index is 792. The van der Waals surface area contributed by atoms with Crippen LogP contribution in [0.3, 0.4) is 0 Å². The Balaban J connectivity index is 2.38. The summed E-state index contributed by atoms with van der Waals surface area (Å²) in [6.07, 6.45) is 0.400. The number of nitrogens with one attached hydrogen (secondary N) is 1. The standard InChI is InChI=1S/C19H27N3O4/c1-7-11-22(18(24)26-19(3,4)5)12(2)16-20-14-10-8-9-13(15(14)21-16)17(23)25-6/h8-10,12H,7,11H2,1-6H3,(H,20,21)/t12-/m0/s1. The van der Waals surface area contributed by atoms with E-state index in [0.717, 1.165) is 11.9 Å². The summed E-state index contributed by atoms with van der Waals surface area (Å²) in [7, 11) is 1.34. The van der Waals surface area contributed by atoms with Crippen LogP contribution in [0, 0.1) is 0 Å². The number of imidazole rings is 1. The number of carbonyl (C=O) groups excluding carboxylic acids is 2. The highest BCUT2D eigenvalue weighted by molar-refractivity contribution is 6.01. The number of methoxy groups -OCH3 is 1. The van der Waals surface area contributed by atoms with Crippen LogP contribution in [-0.4, -0.2) is 46.2 Å². The number of aromatic amines is 1. The molecule has 1 amide bonds. The van der Waals surface area contributed by atoms with E-state index in [0.29, 0.717) is 23.4 Å². The highest BCUT2D eigenvalue weighted by atomic mass is 16.6. The number of hydrogen-bond acceptors (Lipinski definition) is 5. The summed E-state index contributed by atoms with van der Waals surface area (Å²) < 4.78 is 10.3. The molecule has 1 aromatic carbocycles. The Morgan fingerprint density at radius 3 is 2.58 bits per heavy atom. The number of esters is 1. The minimum Gasteiger partial charge on any atom is -0.465 e. The average Bonchev–Trinajstić information content (AvgIpc) is 3.00. The summed E-state index contributed by atoms with van der Waals surface area (Å²) in [5, 5.41) is 0. The van der Waals surface area contributed by atoms with Gasteiger partial charge in [0.25, 0.3) is 0 Å². The van der Waals surface area contributed by atoms with Gasteiger partial charge in [-0.1, -0.05) is 13.0 Å². The molecule has 0 spiro atoms. The summed E-state index contributed by atoms with van der Waals surface area (Å²) in [5.74, 6) is 0.148. The summed E-state index contributed by atoms with van der Waals surface area (Å²) in [6, 6.07) is 4.94. The Morgan fingerprint density at radius 2 is 2.00 bits per heavy atom. The van der Waals surface area contributed by atoms with Crippen molar-refractivity contribution in [1.82, 2.24) is 14.9 Å². The first kappa shape index (κ1) is 19.8. The molecule has 0 bridgehead atoms. The topological polar surface area (TPSA) is 84.5 Å². The molecule has 0 fully saturated rings. The lowest BCUT2D eigenvalue weighted by Gasteiger charge is -2.30. The number of benzene rings is 1. The molecule has 1 heterocycles. The number of ether oxygens (including phenoxy) is 2. The van der Waals surface area contributed by atoms with E-state index in [1.54, 1.807) is 17.0 Å². The van der Waals surface area contributed by atoms with Gasteiger partial charge in [0.15, 0.2) is 0 Å². The highest BCUT2D eigenvalue weighted by Gasteiger charge is 2.28. The Kier molecular flexibility index (Phi) is 5.90. The van der Waals surface area contributed by atoms with Crippen molar-refractivity contribution in [1.29, 1.82) is 0 Å². The molecule has 0 saturated heterocycles. The first-order valence-electron chi connectivity index (χ1n) is 8.74. The predicted octanol–water partition coefficient (Wildman–Crippen LogP) is 4.06. The number of aromatic nitrogens is 2. The molecule has 7 nitrogen and oxygen atoms in total. The zero-order valence-corrected chi connectivity index (χ0v) is 16.3. The van der Waals surface area contributed by atoms with Crippen molar-refractivity contribution >= 4 is 23.1 Å². The minimum atomic E-state index is -0.575. The zero-order valence-electron chi connectivity index (χ0n) is 16.3. The number of carbonyl (C=O) groups is 2. The monoisotopic (exact) mass is 361 g/mol. The van der Waals surface area contributed by atoms with E-state index in [4.69, 9.17) is 9.47 Å². The molecule has 0 saturated carbocycles. The molecule has 0 unspecified atom stereocenters. The van der Waals surface area contributed by atoms with Crippen molar-refractivity contribution in [3.8, 4) is 0 Å². The Labute approximate surface area is 153 Å². The molecule has 1 N–H and O–H groups in total. The quantitative estimate of drug-likeness (QED) is 0.812. The third-order valence-electron chi connectivity index (χ3n) is 3.89. The van der Waals surface area contributed by atoms with Gasteiger partial charge < -0.3 is 14.5 Å². The van der Waals surface area contributed by atoms with Gasteiger partial charge in [-0.3, -0.25) is 4.90 Å². The number of rotatable bonds is 5. The van der Waals surface area contributed by atoms with Crippen LogP contribution in [0.25, 0.3) is 11.0 Å². The average molecular weight is 361 g/mol. The third kappa shape index (κ3) is 4.33. The third-order valence-corrected chi connectivity index (χ3v) is 3.89. The second-order valence-corrected chi connectivity index (χ2v) is 7.17. The predicted molar refractivity (Wildman–Crippen MR) is 99.1 cm³/mol. The summed E-state index contributed by atoms with van der Waals surface area (Å²) in [6.45, 7) is 9.93. The lowest BCUT2D eigenvalue weighted by atomic mass is 10.2. The van der Waals surface area contributed by atoms with Gasteiger partial charge in [-0.2, -0.15) is 0 Å². The molecule has 7 heteroatoms. The Morgan fingerprint density at radius 1 is 1.31 bits per heavy atom. The number of H-pyrrole nitrogens is 1. The summed E-state index contributed by atoms with van der Waals surface area (Å²) in [4.78, 5) is 33.9. The molecule has 2 aromatic rings. The van der Waals surface area contributed by atoms with Crippen LogP contribution in [-0.2, 0) is 9.47 Å².